The molecule has 5 nitrogen and oxygen atoms in total. The lowest BCUT2D eigenvalue weighted by Crippen LogP contribution is -2.23. The van der Waals surface area contributed by atoms with Crippen molar-refractivity contribution >= 4 is 17.6 Å². The first-order chi connectivity index (χ1) is 11.4. The van der Waals surface area contributed by atoms with Gasteiger partial charge in [0.05, 0.1) is 0 Å². The van der Waals surface area contributed by atoms with Crippen molar-refractivity contribution in [2.75, 3.05) is 18.5 Å². The first-order valence-corrected chi connectivity index (χ1v) is 7.04. The lowest BCUT2D eigenvalue weighted by molar-refractivity contribution is -0.149. The molecule has 0 aliphatic rings. The normalized spacial score (nSPS) is 10.1. The van der Waals surface area contributed by atoms with Crippen molar-refractivity contribution in [2.24, 2.45) is 0 Å². The van der Waals surface area contributed by atoms with E-state index in [4.69, 9.17) is 9.47 Å². The smallest absolute Gasteiger partial charge is 0.344 e. The fourth-order valence-electron chi connectivity index (χ4n) is 1.75. The number of ether oxygens (including phenoxy) is 2. The number of benzene rings is 2. The van der Waals surface area contributed by atoms with Gasteiger partial charge in [0.1, 0.15) is 5.82 Å². The first-order valence-electron chi connectivity index (χ1n) is 7.04. The Morgan fingerprint density at radius 3 is 2.42 bits per heavy atom. The molecular weight excluding hydrogens is 320 g/mol. The third kappa shape index (κ3) is 5.35. The van der Waals surface area contributed by atoms with E-state index in [-0.39, 0.29) is 5.75 Å². The molecule has 7 heteroatoms. The van der Waals surface area contributed by atoms with Crippen molar-refractivity contribution in [3.8, 4) is 5.75 Å². The minimum Gasteiger partial charge on any atom is -0.479 e. The van der Waals surface area contributed by atoms with Gasteiger partial charge in [-0.25, -0.2) is 13.6 Å². The van der Waals surface area contributed by atoms with Crippen LogP contribution < -0.4 is 10.1 Å². The van der Waals surface area contributed by atoms with E-state index >= 15 is 0 Å². The summed E-state index contributed by atoms with van der Waals surface area (Å²) >= 11 is 0. The van der Waals surface area contributed by atoms with E-state index in [1.807, 2.05) is 19.1 Å². The van der Waals surface area contributed by atoms with Crippen LogP contribution >= 0.6 is 0 Å². The van der Waals surface area contributed by atoms with E-state index in [1.165, 1.54) is 0 Å². The molecule has 2 rings (SSSR count). The third-order valence-electron chi connectivity index (χ3n) is 2.94. The van der Waals surface area contributed by atoms with Gasteiger partial charge in [-0.1, -0.05) is 17.7 Å². The van der Waals surface area contributed by atoms with E-state index < -0.39 is 36.7 Å². The molecule has 0 saturated carbocycles. The van der Waals surface area contributed by atoms with Gasteiger partial charge in [-0.3, -0.25) is 4.79 Å². The molecule has 1 amide bonds. The van der Waals surface area contributed by atoms with E-state index in [2.05, 4.69) is 5.32 Å². The van der Waals surface area contributed by atoms with Crippen molar-refractivity contribution in [3.05, 3.63) is 59.7 Å². The summed E-state index contributed by atoms with van der Waals surface area (Å²) in [7, 11) is 0. The highest BCUT2D eigenvalue weighted by Gasteiger charge is 2.11. The number of hydrogen-bond acceptors (Lipinski definition) is 4. The summed E-state index contributed by atoms with van der Waals surface area (Å²) in [6.07, 6.45) is 0. The fraction of sp³-hybridized carbons (Fsp3) is 0.176. The molecule has 0 unspecified atom stereocenters. The maximum absolute atomic E-state index is 13.3. The van der Waals surface area contributed by atoms with E-state index in [0.29, 0.717) is 11.8 Å². The number of anilines is 1. The van der Waals surface area contributed by atoms with E-state index in [0.717, 1.165) is 17.7 Å². The number of carbonyl (C=O) groups is 2. The second-order valence-electron chi connectivity index (χ2n) is 4.94. The molecule has 0 bridgehead atoms. The summed E-state index contributed by atoms with van der Waals surface area (Å²) in [5.41, 5.74) is 1.62. The van der Waals surface area contributed by atoms with Gasteiger partial charge in [-0.2, -0.15) is 0 Å². The fourth-order valence-corrected chi connectivity index (χ4v) is 1.75. The summed E-state index contributed by atoms with van der Waals surface area (Å²) in [4.78, 5) is 23.1. The molecule has 0 radical (unpaired) electrons. The van der Waals surface area contributed by atoms with Gasteiger partial charge in [0, 0.05) is 11.8 Å². The van der Waals surface area contributed by atoms with Crippen LogP contribution in [-0.2, 0) is 14.3 Å². The number of rotatable bonds is 6. The highest BCUT2D eigenvalue weighted by atomic mass is 19.1. The zero-order chi connectivity index (χ0) is 17.5. The van der Waals surface area contributed by atoms with Crippen LogP contribution in [0.15, 0.2) is 42.5 Å². The predicted molar refractivity (Wildman–Crippen MR) is 82.6 cm³/mol. The minimum absolute atomic E-state index is 0.280. The van der Waals surface area contributed by atoms with Gasteiger partial charge in [-0.15, -0.1) is 0 Å². The van der Waals surface area contributed by atoms with Crippen LogP contribution in [0.3, 0.4) is 0 Å². The Morgan fingerprint density at radius 2 is 1.75 bits per heavy atom. The van der Waals surface area contributed by atoms with E-state index in [9.17, 15) is 18.4 Å². The molecule has 0 aliphatic carbocycles. The van der Waals surface area contributed by atoms with Gasteiger partial charge in [0.15, 0.2) is 24.8 Å². The number of halogens is 2. The summed E-state index contributed by atoms with van der Waals surface area (Å²) in [6.45, 7) is 0.819. The number of amides is 1. The largest absolute Gasteiger partial charge is 0.479 e. The van der Waals surface area contributed by atoms with Gasteiger partial charge in [0.2, 0.25) is 0 Å². The minimum atomic E-state index is -0.931. The van der Waals surface area contributed by atoms with Crippen LogP contribution in [0.2, 0.25) is 0 Å². The number of esters is 1. The lowest BCUT2D eigenvalue weighted by Gasteiger charge is -2.08. The summed E-state index contributed by atoms with van der Waals surface area (Å²) in [5.74, 6) is -3.33. The SMILES string of the molecule is Cc1ccc(NC(=O)COC(=O)COc2ccc(F)cc2F)cc1. The molecule has 0 aromatic heterocycles. The molecule has 2 aromatic rings. The molecule has 0 atom stereocenters. The molecule has 0 aliphatic heterocycles. The number of nitrogens with one attached hydrogen (secondary N) is 1. The molecule has 2 aromatic carbocycles. The Labute approximate surface area is 137 Å². The van der Waals surface area contributed by atoms with Crippen LogP contribution in [0.25, 0.3) is 0 Å². The second-order valence-corrected chi connectivity index (χ2v) is 4.94. The molecule has 0 saturated heterocycles. The van der Waals surface area contributed by atoms with Crippen molar-refractivity contribution in [3.63, 3.8) is 0 Å². The highest BCUT2D eigenvalue weighted by molar-refractivity contribution is 5.92. The molecular formula is C17H15F2NO4. The van der Waals surface area contributed by atoms with Crippen LogP contribution in [0.1, 0.15) is 5.56 Å². The average Bonchev–Trinajstić information content (AvgIpc) is 2.54. The van der Waals surface area contributed by atoms with Crippen molar-refractivity contribution in [2.45, 2.75) is 6.92 Å². The second kappa shape index (κ2) is 8.05. The predicted octanol–water partition coefficient (Wildman–Crippen LogP) is 2.83. The molecule has 126 valence electrons. The Kier molecular flexibility index (Phi) is 5.83. The Morgan fingerprint density at radius 1 is 1.04 bits per heavy atom. The number of carbonyl (C=O) groups excluding carboxylic acids is 2. The monoisotopic (exact) mass is 335 g/mol. The first kappa shape index (κ1) is 17.4. The van der Waals surface area contributed by atoms with E-state index in [1.54, 1.807) is 12.1 Å². The number of aryl methyl sites for hydroxylation is 1. The lowest BCUT2D eigenvalue weighted by atomic mass is 10.2. The van der Waals surface area contributed by atoms with Crippen LogP contribution in [0.5, 0.6) is 5.75 Å². The van der Waals surface area contributed by atoms with Crippen molar-refractivity contribution < 1.29 is 27.8 Å². The van der Waals surface area contributed by atoms with Crippen LogP contribution in [0, 0.1) is 18.6 Å². The molecule has 0 fully saturated rings. The number of hydrogen-bond donors (Lipinski definition) is 1. The van der Waals surface area contributed by atoms with Gasteiger partial charge in [-0.05, 0) is 31.2 Å². The van der Waals surface area contributed by atoms with Gasteiger partial charge >= 0.3 is 5.97 Å². The maximum Gasteiger partial charge on any atom is 0.344 e. The third-order valence-corrected chi connectivity index (χ3v) is 2.94. The molecule has 0 heterocycles. The van der Waals surface area contributed by atoms with Crippen molar-refractivity contribution in [1.29, 1.82) is 0 Å². The van der Waals surface area contributed by atoms with Gasteiger partial charge < -0.3 is 14.8 Å². The quantitative estimate of drug-likeness (QED) is 0.825. The Hall–Kier alpha value is -2.96. The summed E-state index contributed by atoms with van der Waals surface area (Å²) in [5, 5.41) is 2.55. The van der Waals surface area contributed by atoms with Crippen LogP contribution in [-0.4, -0.2) is 25.1 Å². The maximum atomic E-state index is 13.3. The average molecular weight is 335 g/mol. The Bertz CT molecular complexity index is 732. The Balaban J connectivity index is 1.74. The summed E-state index contributed by atoms with van der Waals surface area (Å²) in [6, 6.07) is 9.78. The topological polar surface area (TPSA) is 64.6 Å². The summed E-state index contributed by atoms with van der Waals surface area (Å²) < 4.78 is 35.6. The van der Waals surface area contributed by atoms with Gasteiger partial charge in [0.25, 0.3) is 5.91 Å². The zero-order valence-electron chi connectivity index (χ0n) is 12.8. The van der Waals surface area contributed by atoms with Crippen LogP contribution in [0.4, 0.5) is 14.5 Å². The zero-order valence-corrected chi connectivity index (χ0v) is 12.8. The molecule has 1 N–H and O–H groups in total. The highest BCUT2D eigenvalue weighted by Crippen LogP contribution is 2.17. The van der Waals surface area contributed by atoms with Crippen molar-refractivity contribution in [1.82, 2.24) is 0 Å². The molecule has 0 spiro atoms. The standard InChI is InChI=1S/C17H15F2NO4/c1-11-2-5-13(6-3-11)20-16(21)9-24-17(22)10-23-15-7-4-12(18)8-14(15)19/h2-8H,9-10H2,1H3,(H,20,21). The molecule has 24 heavy (non-hydrogen) atoms.